The first-order chi connectivity index (χ1) is 21.0. The van der Waals surface area contributed by atoms with Gasteiger partial charge in [-0.05, 0) is 31.7 Å². The minimum absolute atomic E-state index is 0.0686. The highest BCUT2D eigenvalue weighted by Gasteiger charge is 2.31. The van der Waals surface area contributed by atoms with Crippen LogP contribution in [0, 0.1) is 12.8 Å². The average molecular weight is 613 g/mol. The molecule has 3 atom stereocenters. The number of aryl methyl sites for hydroxylation is 1. The number of nitrogens with one attached hydrogen (secondary N) is 4. The maximum Gasteiger partial charge on any atom is 0.248 e. The molecular formula is C30H44N8O6. The van der Waals surface area contributed by atoms with E-state index in [1.807, 2.05) is 44.2 Å². The maximum absolute atomic E-state index is 13.7. The largest absolute Gasteiger partial charge is 0.375 e. The van der Waals surface area contributed by atoms with Crippen LogP contribution in [0.4, 0.5) is 0 Å². The number of methoxy groups -OCH3 is 1. The molecule has 0 saturated heterocycles. The lowest BCUT2D eigenvalue weighted by atomic mass is 10.0. The van der Waals surface area contributed by atoms with Gasteiger partial charge in [0.15, 0.2) is 5.82 Å². The Morgan fingerprint density at radius 3 is 2.43 bits per heavy atom. The molecule has 240 valence electrons. The van der Waals surface area contributed by atoms with Gasteiger partial charge in [0.05, 0.1) is 6.04 Å². The summed E-state index contributed by atoms with van der Waals surface area (Å²) in [5.41, 5.74) is 0.837. The highest BCUT2D eigenvalue weighted by atomic mass is 16.5. The Labute approximate surface area is 257 Å². The second-order valence-corrected chi connectivity index (χ2v) is 11.2. The molecule has 4 N–H and O–H groups in total. The van der Waals surface area contributed by atoms with Crippen molar-refractivity contribution in [2.45, 2.75) is 71.6 Å². The van der Waals surface area contributed by atoms with Crippen LogP contribution in [0.15, 0.2) is 30.3 Å². The van der Waals surface area contributed by atoms with Crippen molar-refractivity contribution in [2.75, 3.05) is 33.4 Å². The molecule has 1 aliphatic heterocycles. The first kappa shape index (κ1) is 34.2. The van der Waals surface area contributed by atoms with Gasteiger partial charge in [-0.3, -0.25) is 24.0 Å². The zero-order valence-corrected chi connectivity index (χ0v) is 26.1. The summed E-state index contributed by atoms with van der Waals surface area (Å²) in [6.07, 6.45) is 0.614. The van der Waals surface area contributed by atoms with E-state index in [4.69, 9.17) is 4.74 Å². The highest BCUT2D eigenvalue weighted by Crippen LogP contribution is 2.21. The van der Waals surface area contributed by atoms with Crippen LogP contribution < -0.4 is 21.3 Å². The number of carbonyl (C=O) groups is 5. The van der Waals surface area contributed by atoms with Crippen molar-refractivity contribution in [3.05, 3.63) is 47.5 Å². The van der Waals surface area contributed by atoms with Crippen molar-refractivity contribution in [3.8, 4) is 0 Å². The number of rotatable bonds is 5. The molecule has 1 aromatic carbocycles. The van der Waals surface area contributed by atoms with E-state index in [9.17, 15) is 24.0 Å². The molecule has 0 radical (unpaired) electrons. The monoisotopic (exact) mass is 612 g/mol. The van der Waals surface area contributed by atoms with Crippen molar-refractivity contribution in [1.29, 1.82) is 0 Å². The molecule has 0 fully saturated rings. The molecular weight excluding hydrogens is 568 g/mol. The molecule has 44 heavy (non-hydrogen) atoms. The van der Waals surface area contributed by atoms with Crippen LogP contribution in [0.25, 0.3) is 0 Å². The van der Waals surface area contributed by atoms with E-state index in [2.05, 4.69) is 31.3 Å². The van der Waals surface area contributed by atoms with Crippen LogP contribution >= 0.6 is 0 Å². The fraction of sp³-hybridized carbons (Fsp3) is 0.567. The third kappa shape index (κ3) is 10.1. The summed E-state index contributed by atoms with van der Waals surface area (Å²) in [6.45, 7) is 7.43. The van der Waals surface area contributed by atoms with Crippen LogP contribution in [-0.4, -0.2) is 94.6 Å². The third-order valence-electron chi connectivity index (χ3n) is 7.18. The number of fused-ring (bicyclic) bond motifs is 1. The molecule has 14 heteroatoms. The van der Waals surface area contributed by atoms with Crippen LogP contribution in [0.2, 0.25) is 0 Å². The van der Waals surface area contributed by atoms with Crippen LogP contribution in [-0.2, 0) is 41.7 Å². The molecule has 5 amide bonds. The van der Waals surface area contributed by atoms with E-state index in [1.54, 1.807) is 13.8 Å². The summed E-state index contributed by atoms with van der Waals surface area (Å²) in [6, 6.07) is 6.78. The molecule has 0 saturated carbocycles. The van der Waals surface area contributed by atoms with Gasteiger partial charge >= 0.3 is 0 Å². The molecule has 0 aliphatic carbocycles. The number of hydrogen-bond donors (Lipinski definition) is 4. The smallest absolute Gasteiger partial charge is 0.248 e. The second-order valence-electron chi connectivity index (χ2n) is 11.2. The van der Waals surface area contributed by atoms with Gasteiger partial charge in [-0.25, -0.2) is 9.67 Å². The minimum atomic E-state index is -0.961. The van der Waals surface area contributed by atoms with E-state index in [-0.39, 0.29) is 69.3 Å². The van der Waals surface area contributed by atoms with Crippen molar-refractivity contribution in [3.63, 3.8) is 0 Å². The van der Waals surface area contributed by atoms with Gasteiger partial charge in [0.1, 0.15) is 31.1 Å². The lowest BCUT2D eigenvalue weighted by Gasteiger charge is -2.27. The van der Waals surface area contributed by atoms with Gasteiger partial charge in [-0.1, -0.05) is 44.2 Å². The lowest BCUT2D eigenvalue weighted by molar-refractivity contribution is -0.136. The van der Waals surface area contributed by atoms with E-state index >= 15 is 0 Å². The maximum atomic E-state index is 13.7. The molecule has 14 nitrogen and oxygen atoms in total. The van der Waals surface area contributed by atoms with Gasteiger partial charge in [-0.15, -0.1) is 0 Å². The van der Waals surface area contributed by atoms with Crippen molar-refractivity contribution >= 4 is 29.5 Å². The van der Waals surface area contributed by atoms with Gasteiger partial charge in [0.25, 0.3) is 0 Å². The molecule has 0 unspecified atom stereocenters. The Morgan fingerprint density at radius 1 is 1.02 bits per heavy atom. The predicted octanol–water partition coefficient (Wildman–Crippen LogP) is 0.0170. The van der Waals surface area contributed by atoms with Crippen LogP contribution in [0.5, 0.6) is 0 Å². The Balaban J connectivity index is 1.92. The van der Waals surface area contributed by atoms with E-state index in [0.29, 0.717) is 18.1 Å². The number of ether oxygens (including phenoxy) is 1. The molecule has 0 bridgehead atoms. The summed E-state index contributed by atoms with van der Waals surface area (Å²) < 4.78 is 6.45. The average Bonchev–Trinajstić information content (AvgIpc) is 3.33. The second kappa shape index (κ2) is 16.5. The van der Waals surface area contributed by atoms with Crippen molar-refractivity contribution < 1.29 is 28.7 Å². The summed E-state index contributed by atoms with van der Waals surface area (Å²) in [4.78, 5) is 71.2. The van der Waals surface area contributed by atoms with E-state index in [1.165, 1.54) is 16.7 Å². The fourth-order valence-corrected chi connectivity index (χ4v) is 4.87. The number of amides is 5. The molecule has 3 rings (SSSR count). The molecule has 2 aromatic rings. The molecule has 1 aliphatic rings. The zero-order chi connectivity index (χ0) is 32.2. The third-order valence-corrected chi connectivity index (χ3v) is 7.18. The topological polar surface area (TPSA) is 177 Å². The Kier molecular flexibility index (Phi) is 12.8. The van der Waals surface area contributed by atoms with E-state index in [0.717, 1.165) is 5.56 Å². The van der Waals surface area contributed by atoms with Crippen molar-refractivity contribution in [1.82, 2.24) is 40.9 Å². The lowest BCUT2D eigenvalue weighted by Crippen LogP contribution is -2.54. The highest BCUT2D eigenvalue weighted by molar-refractivity contribution is 5.92. The molecule has 0 spiro atoms. The number of carbonyl (C=O) groups excluding carboxylic acids is 5. The summed E-state index contributed by atoms with van der Waals surface area (Å²) in [7, 11) is 1.42. The summed E-state index contributed by atoms with van der Waals surface area (Å²) >= 11 is 0. The van der Waals surface area contributed by atoms with Crippen molar-refractivity contribution in [2.24, 2.45) is 5.92 Å². The van der Waals surface area contributed by atoms with Crippen LogP contribution in [0.1, 0.15) is 56.9 Å². The SMILES string of the molecule is COCC(=O)N1CCCC(=O)N[C@@H](C)C(=O)N[C@H](Cc2ccccc2)C(=O)N[C@@H](C(C)C)c2nc(C)nn2CC(=O)NCC1. The molecule has 2 heterocycles. The summed E-state index contributed by atoms with van der Waals surface area (Å²) in [5.74, 6) is -1.25. The first-order valence-electron chi connectivity index (χ1n) is 14.9. The Hall–Kier alpha value is -4.33. The minimum Gasteiger partial charge on any atom is -0.375 e. The van der Waals surface area contributed by atoms with E-state index < -0.39 is 29.9 Å². The normalized spacial score (nSPS) is 21.5. The number of aromatic nitrogens is 3. The fourth-order valence-electron chi connectivity index (χ4n) is 4.87. The quantitative estimate of drug-likeness (QED) is 0.365. The van der Waals surface area contributed by atoms with Gasteiger partial charge in [-0.2, -0.15) is 5.10 Å². The Bertz CT molecular complexity index is 1300. The Morgan fingerprint density at radius 2 is 1.75 bits per heavy atom. The molecule has 1 aromatic heterocycles. The van der Waals surface area contributed by atoms with Gasteiger partial charge in [0, 0.05) is 39.6 Å². The number of nitrogens with zero attached hydrogens (tertiary/aromatic N) is 4. The van der Waals surface area contributed by atoms with Gasteiger partial charge in [0.2, 0.25) is 29.5 Å². The first-order valence-corrected chi connectivity index (χ1v) is 14.9. The summed E-state index contributed by atoms with van der Waals surface area (Å²) in [5, 5.41) is 15.7. The number of hydrogen-bond acceptors (Lipinski definition) is 8. The van der Waals surface area contributed by atoms with Crippen LogP contribution in [0.3, 0.4) is 0 Å². The zero-order valence-electron chi connectivity index (χ0n) is 26.1. The standard InChI is InChI=1S/C30H44N8O6/c1-19(2)27-28-33-21(4)36-38(28)17-25(40)31-13-15-37(26(41)18-44-5)14-9-12-24(39)32-20(3)29(42)34-23(30(43)35-27)16-22-10-7-6-8-11-22/h6-8,10-11,19-20,23,27H,9,12-18H2,1-5H3,(H,31,40)(H,32,39)(H,34,42)(H,35,43)/t20-,23+,27-/m0/s1. The van der Waals surface area contributed by atoms with Gasteiger partial charge < -0.3 is 30.9 Å². The number of benzene rings is 1. The predicted molar refractivity (Wildman–Crippen MR) is 161 cm³/mol.